The standard InChI is InChI=1S/C30H25FN4O3/c1-21-14-15-24(17-25(21)31)35-19-26(23-11-6-3-7-12-23)32-30(35)33-28(36)20-34(18-22-9-4-2-5-10-22)29(37)27-13-8-16-38-27/h2-17,19H,18,20H2,1H3,(H,32,33,36). The molecule has 0 aliphatic carbocycles. The Morgan fingerprint density at radius 2 is 1.71 bits per heavy atom. The molecule has 0 spiro atoms. The van der Waals surface area contributed by atoms with Gasteiger partial charge in [0.2, 0.25) is 11.9 Å². The zero-order valence-electron chi connectivity index (χ0n) is 20.7. The van der Waals surface area contributed by atoms with E-state index < -0.39 is 11.8 Å². The molecule has 0 saturated heterocycles. The molecule has 2 amide bonds. The second kappa shape index (κ2) is 11.0. The Morgan fingerprint density at radius 1 is 0.974 bits per heavy atom. The number of halogens is 1. The number of nitrogens with one attached hydrogen (secondary N) is 1. The molecule has 1 N–H and O–H groups in total. The molecule has 0 aliphatic heterocycles. The van der Waals surface area contributed by atoms with Crippen molar-refractivity contribution in [2.45, 2.75) is 13.5 Å². The lowest BCUT2D eigenvalue weighted by Gasteiger charge is -2.21. The number of aromatic nitrogens is 2. The molecular weight excluding hydrogens is 483 g/mol. The number of rotatable bonds is 8. The molecule has 5 rings (SSSR count). The minimum atomic E-state index is -0.458. The molecule has 2 aromatic heterocycles. The van der Waals surface area contributed by atoms with Gasteiger partial charge in [0.05, 0.1) is 17.6 Å². The summed E-state index contributed by atoms with van der Waals surface area (Å²) < 4.78 is 21.3. The van der Waals surface area contributed by atoms with Gasteiger partial charge in [-0.15, -0.1) is 0 Å². The topological polar surface area (TPSA) is 80.4 Å². The van der Waals surface area contributed by atoms with Gasteiger partial charge in [-0.2, -0.15) is 0 Å². The van der Waals surface area contributed by atoms with Gasteiger partial charge < -0.3 is 9.32 Å². The van der Waals surface area contributed by atoms with Crippen molar-refractivity contribution in [2.24, 2.45) is 0 Å². The van der Waals surface area contributed by atoms with E-state index in [1.807, 2.05) is 60.7 Å². The Kier molecular flexibility index (Phi) is 7.13. The van der Waals surface area contributed by atoms with Gasteiger partial charge in [-0.25, -0.2) is 9.37 Å². The molecule has 38 heavy (non-hydrogen) atoms. The van der Waals surface area contributed by atoms with Crippen LogP contribution in [0.15, 0.2) is 108 Å². The third-order valence-corrected chi connectivity index (χ3v) is 6.03. The first kappa shape index (κ1) is 24.7. The lowest BCUT2D eigenvalue weighted by molar-refractivity contribution is -0.117. The first-order chi connectivity index (χ1) is 18.5. The van der Waals surface area contributed by atoms with Gasteiger partial charge in [0.1, 0.15) is 12.4 Å². The second-order valence-electron chi connectivity index (χ2n) is 8.79. The number of anilines is 1. The fourth-order valence-corrected chi connectivity index (χ4v) is 4.04. The van der Waals surface area contributed by atoms with Crippen LogP contribution in [-0.4, -0.2) is 32.8 Å². The number of nitrogens with zero attached hydrogens (tertiary/aromatic N) is 3. The number of aryl methyl sites for hydroxylation is 1. The first-order valence-electron chi connectivity index (χ1n) is 12.1. The smallest absolute Gasteiger partial charge is 0.290 e. The summed E-state index contributed by atoms with van der Waals surface area (Å²) in [5.74, 6) is -0.894. The molecule has 0 saturated carbocycles. The summed E-state index contributed by atoms with van der Waals surface area (Å²) in [6.45, 7) is 1.65. The summed E-state index contributed by atoms with van der Waals surface area (Å²) in [7, 11) is 0. The number of hydrogen-bond acceptors (Lipinski definition) is 4. The molecule has 0 fully saturated rings. The molecule has 2 heterocycles. The van der Waals surface area contributed by atoms with E-state index in [0.29, 0.717) is 16.9 Å². The summed E-state index contributed by atoms with van der Waals surface area (Å²) in [6, 6.07) is 26.9. The van der Waals surface area contributed by atoms with Crippen LogP contribution < -0.4 is 5.32 Å². The highest BCUT2D eigenvalue weighted by atomic mass is 19.1. The van der Waals surface area contributed by atoms with E-state index in [2.05, 4.69) is 10.3 Å². The van der Waals surface area contributed by atoms with Crippen molar-refractivity contribution < 1.29 is 18.4 Å². The summed E-state index contributed by atoms with van der Waals surface area (Å²) in [5.41, 5.74) is 3.33. The van der Waals surface area contributed by atoms with E-state index in [9.17, 15) is 14.0 Å². The normalized spacial score (nSPS) is 10.8. The molecule has 5 aromatic rings. The van der Waals surface area contributed by atoms with Crippen LogP contribution >= 0.6 is 0 Å². The zero-order chi connectivity index (χ0) is 26.5. The molecular formula is C30H25FN4O3. The Labute approximate surface area is 219 Å². The number of imidazole rings is 1. The highest BCUT2D eigenvalue weighted by Gasteiger charge is 2.23. The van der Waals surface area contributed by atoms with Gasteiger partial charge in [-0.05, 0) is 42.3 Å². The van der Waals surface area contributed by atoms with E-state index >= 15 is 0 Å². The average molecular weight is 509 g/mol. The van der Waals surface area contributed by atoms with Crippen LogP contribution in [0.3, 0.4) is 0 Å². The van der Waals surface area contributed by atoms with Crippen molar-refractivity contribution >= 4 is 17.8 Å². The molecule has 0 unspecified atom stereocenters. The zero-order valence-corrected chi connectivity index (χ0v) is 20.7. The maximum Gasteiger partial charge on any atom is 0.290 e. The van der Waals surface area contributed by atoms with Crippen LogP contribution in [0.2, 0.25) is 0 Å². The summed E-state index contributed by atoms with van der Waals surface area (Å²) in [6.07, 6.45) is 3.15. The third-order valence-electron chi connectivity index (χ3n) is 6.03. The van der Waals surface area contributed by atoms with Crippen LogP contribution in [0.25, 0.3) is 16.9 Å². The quantitative estimate of drug-likeness (QED) is 0.285. The van der Waals surface area contributed by atoms with Crippen LogP contribution in [0, 0.1) is 12.7 Å². The number of carbonyl (C=O) groups excluding carboxylic acids is 2. The summed E-state index contributed by atoms with van der Waals surface area (Å²) >= 11 is 0. The molecule has 3 aromatic carbocycles. The number of carbonyl (C=O) groups is 2. The second-order valence-corrected chi connectivity index (χ2v) is 8.79. The first-order valence-corrected chi connectivity index (χ1v) is 12.1. The van der Waals surface area contributed by atoms with Crippen molar-refractivity contribution in [2.75, 3.05) is 11.9 Å². The SMILES string of the molecule is Cc1ccc(-n2cc(-c3ccccc3)nc2NC(=O)CN(Cc2ccccc2)C(=O)c2ccco2)cc1F. The Balaban J connectivity index is 1.44. The summed E-state index contributed by atoms with van der Waals surface area (Å²) in [4.78, 5) is 32.4. The van der Waals surface area contributed by atoms with Gasteiger partial charge in [0.15, 0.2) is 5.76 Å². The van der Waals surface area contributed by atoms with E-state index in [1.54, 1.807) is 42.0 Å². The fraction of sp³-hybridized carbons (Fsp3) is 0.100. The van der Waals surface area contributed by atoms with E-state index in [-0.39, 0.29) is 30.6 Å². The Morgan fingerprint density at radius 3 is 2.39 bits per heavy atom. The predicted octanol–water partition coefficient (Wildman–Crippen LogP) is 5.86. The minimum absolute atomic E-state index is 0.136. The fourth-order valence-electron chi connectivity index (χ4n) is 4.04. The van der Waals surface area contributed by atoms with Gasteiger partial charge >= 0.3 is 0 Å². The lowest BCUT2D eigenvalue weighted by atomic mass is 10.2. The maximum absolute atomic E-state index is 14.4. The van der Waals surface area contributed by atoms with Crippen molar-refractivity contribution in [3.8, 4) is 16.9 Å². The average Bonchev–Trinajstić information content (AvgIpc) is 3.61. The Bertz CT molecular complexity index is 1550. The molecule has 0 radical (unpaired) electrons. The van der Waals surface area contributed by atoms with E-state index in [4.69, 9.17) is 4.42 Å². The highest BCUT2D eigenvalue weighted by molar-refractivity contribution is 5.97. The number of furan rings is 1. The van der Waals surface area contributed by atoms with Gasteiger partial charge in [0, 0.05) is 18.3 Å². The van der Waals surface area contributed by atoms with Crippen LogP contribution in [0.4, 0.5) is 10.3 Å². The van der Waals surface area contributed by atoms with Crippen LogP contribution in [-0.2, 0) is 11.3 Å². The van der Waals surface area contributed by atoms with Crippen LogP contribution in [0.5, 0.6) is 0 Å². The molecule has 0 bridgehead atoms. The highest BCUT2D eigenvalue weighted by Crippen LogP contribution is 2.25. The molecule has 0 aliphatic rings. The molecule has 8 heteroatoms. The monoisotopic (exact) mass is 508 g/mol. The van der Waals surface area contributed by atoms with E-state index in [0.717, 1.165) is 11.1 Å². The predicted molar refractivity (Wildman–Crippen MR) is 142 cm³/mol. The van der Waals surface area contributed by atoms with Gasteiger partial charge in [-0.1, -0.05) is 66.7 Å². The minimum Gasteiger partial charge on any atom is -0.459 e. The number of hydrogen-bond donors (Lipinski definition) is 1. The molecule has 0 atom stereocenters. The largest absolute Gasteiger partial charge is 0.459 e. The molecule has 7 nitrogen and oxygen atoms in total. The maximum atomic E-state index is 14.4. The third kappa shape index (κ3) is 5.54. The van der Waals surface area contributed by atoms with Crippen molar-refractivity contribution in [3.63, 3.8) is 0 Å². The van der Waals surface area contributed by atoms with E-state index in [1.165, 1.54) is 17.2 Å². The number of benzene rings is 3. The van der Waals surface area contributed by atoms with Crippen LogP contribution in [0.1, 0.15) is 21.7 Å². The lowest BCUT2D eigenvalue weighted by Crippen LogP contribution is -2.37. The van der Waals surface area contributed by atoms with Crippen molar-refractivity contribution in [3.05, 3.63) is 126 Å². The van der Waals surface area contributed by atoms with Gasteiger partial charge in [0.25, 0.3) is 5.91 Å². The summed E-state index contributed by atoms with van der Waals surface area (Å²) in [5, 5.41) is 2.82. The Hall–Kier alpha value is -4.98. The van der Waals surface area contributed by atoms with Crippen molar-refractivity contribution in [1.29, 1.82) is 0 Å². The number of amides is 2. The van der Waals surface area contributed by atoms with Gasteiger partial charge in [-0.3, -0.25) is 19.5 Å². The molecule has 190 valence electrons. The van der Waals surface area contributed by atoms with Crippen molar-refractivity contribution in [1.82, 2.24) is 14.5 Å².